The van der Waals surface area contributed by atoms with E-state index < -0.39 is 0 Å². The van der Waals surface area contributed by atoms with Crippen LogP contribution in [0.3, 0.4) is 0 Å². The van der Waals surface area contributed by atoms with E-state index in [1.54, 1.807) is 6.20 Å². The Hall–Kier alpha value is -2.69. The van der Waals surface area contributed by atoms with E-state index in [0.717, 1.165) is 23.5 Å². The third-order valence-electron chi connectivity index (χ3n) is 3.12. The largest absolute Gasteiger partial charge is 0.370 e. The zero-order valence-corrected chi connectivity index (χ0v) is 12.0. The van der Waals surface area contributed by atoms with E-state index in [2.05, 4.69) is 20.4 Å². The van der Waals surface area contributed by atoms with Crippen LogP contribution in [0.1, 0.15) is 12.5 Å². The van der Waals surface area contributed by atoms with Crippen LogP contribution in [0.15, 0.2) is 47.1 Å². The predicted octanol–water partition coefficient (Wildman–Crippen LogP) is 3.54. The Labute approximate surface area is 123 Å². The number of benzene rings is 1. The lowest BCUT2D eigenvalue weighted by Crippen LogP contribution is -2.00. The van der Waals surface area contributed by atoms with Crippen LogP contribution in [-0.4, -0.2) is 21.7 Å². The van der Waals surface area contributed by atoms with Crippen molar-refractivity contribution in [1.29, 1.82) is 0 Å². The predicted molar refractivity (Wildman–Crippen MR) is 81.9 cm³/mol. The molecule has 0 fully saturated rings. The average molecular weight is 280 g/mol. The first kappa shape index (κ1) is 13.3. The van der Waals surface area contributed by atoms with Crippen molar-refractivity contribution in [2.75, 3.05) is 11.9 Å². The fourth-order valence-electron chi connectivity index (χ4n) is 2.04. The van der Waals surface area contributed by atoms with Crippen LogP contribution in [-0.2, 0) is 0 Å². The lowest BCUT2D eigenvalue weighted by atomic mass is 10.1. The number of anilines is 1. The zero-order chi connectivity index (χ0) is 14.7. The highest BCUT2D eigenvalue weighted by Crippen LogP contribution is 2.26. The Morgan fingerprint density at radius 2 is 1.95 bits per heavy atom. The fraction of sp³-hybridized carbons (Fsp3) is 0.188. The molecule has 0 aliphatic carbocycles. The summed E-state index contributed by atoms with van der Waals surface area (Å²) in [7, 11) is 0. The van der Waals surface area contributed by atoms with E-state index in [4.69, 9.17) is 4.52 Å². The fourth-order valence-corrected chi connectivity index (χ4v) is 2.04. The number of aryl methyl sites for hydroxylation is 1. The molecule has 2 heterocycles. The number of rotatable bonds is 4. The smallest absolute Gasteiger partial charge is 0.261 e. The molecular weight excluding hydrogens is 264 g/mol. The van der Waals surface area contributed by atoms with E-state index in [1.807, 2.05) is 50.2 Å². The minimum absolute atomic E-state index is 0.467. The van der Waals surface area contributed by atoms with Gasteiger partial charge in [-0.15, -0.1) is 0 Å². The summed E-state index contributed by atoms with van der Waals surface area (Å²) < 4.78 is 5.38. The van der Waals surface area contributed by atoms with Crippen molar-refractivity contribution in [2.45, 2.75) is 13.8 Å². The molecule has 0 unspecified atom stereocenters. The van der Waals surface area contributed by atoms with Gasteiger partial charge in [-0.2, -0.15) is 4.98 Å². The summed E-state index contributed by atoms with van der Waals surface area (Å²) in [5.41, 5.74) is 2.94. The van der Waals surface area contributed by atoms with Gasteiger partial charge >= 0.3 is 0 Å². The van der Waals surface area contributed by atoms with Gasteiger partial charge in [-0.25, -0.2) is 4.98 Å². The summed E-state index contributed by atoms with van der Waals surface area (Å²) in [6.07, 6.45) is 1.73. The second-order valence-corrected chi connectivity index (χ2v) is 4.72. The SMILES string of the molecule is CCNc1ncccc1-c1nc(-c2ccc(C)cc2)no1. The maximum Gasteiger partial charge on any atom is 0.261 e. The molecular formula is C16H16N4O. The van der Waals surface area contributed by atoms with Gasteiger partial charge < -0.3 is 9.84 Å². The summed E-state index contributed by atoms with van der Waals surface area (Å²) in [5.74, 6) is 1.80. The van der Waals surface area contributed by atoms with E-state index in [9.17, 15) is 0 Å². The van der Waals surface area contributed by atoms with Crippen LogP contribution in [0.2, 0.25) is 0 Å². The van der Waals surface area contributed by atoms with Crippen LogP contribution in [0.4, 0.5) is 5.82 Å². The Morgan fingerprint density at radius 3 is 2.71 bits per heavy atom. The van der Waals surface area contributed by atoms with Crippen LogP contribution < -0.4 is 5.32 Å². The van der Waals surface area contributed by atoms with Crippen molar-refractivity contribution >= 4 is 5.82 Å². The van der Waals surface area contributed by atoms with Crippen LogP contribution >= 0.6 is 0 Å². The molecule has 1 aromatic carbocycles. The molecule has 2 aromatic heterocycles. The Morgan fingerprint density at radius 1 is 1.14 bits per heavy atom. The monoisotopic (exact) mass is 280 g/mol. The quantitative estimate of drug-likeness (QED) is 0.792. The van der Waals surface area contributed by atoms with E-state index >= 15 is 0 Å². The Kier molecular flexibility index (Phi) is 3.64. The first-order valence-electron chi connectivity index (χ1n) is 6.88. The number of nitrogens with zero attached hydrogens (tertiary/aromatic N) is 3. The number of hydrogen-bond acceptors (Lipinski definition) is 5. The zero-order valence-electron chi connectivity index (χ0n) is 12.0. The molecule has 0 amide bonds. The van der Waals surface area contributed by atoms with Gasteiger partial charge in [-0.1, -0.05) is 35.0 Å². The Balaban J connectivity index is 1.97. The molecule has 0 saturated heterocycles. The molecule has 0 radical (unpaired) electrons. The minimum Gasteiger partial charge on any atom is -0.370 e. The first-order chi connectivity index (χ1) is 10.3. The number of pyridine rings is 1. The van der Waals surface area contributed by atoms with Crippen molar-refractivity contribution in [1.82, 2.24) is 15.1 Å². The second kappa shape index (κ2) is 5.75. The Bertz CT molecular complexity index is 734. The average Bonchev–Trinajstić information content (AvgIpc) is 2.99. The number of aromatic nitrogens is 3. The van der Waals surface area contributed by atoms with Crippen LogP contribution in [0.25, 0.3) is 22.8 Å². The third kappa shape index (κ3) is 2.76. The first-order valence-corrected chi connectivity index (χ1v) is 6.88. The summed E-state index contributed by atoms with van der Waals surface area (Å²) >= 11 is 0. The highest BCUT2D eigenvalue weighted by molar-refractivity contribution is 5.70. The molecule has 3 rings (SSSR count). The summed E-state index contributed by atoms with van der Waals surface area (Å²) in [6.45, 7) is 4.84. The molecule has 1 N–H and O–H groups in total. The molecule has 21 heavy (non-hydrogen) atoms. The summed E-state index contributed by atoms with van der Waals surface area (Å²) in [4.78, 5) is 8.77. The number of hydrogen-bond donors (Lipinski definition) is 1. The molecule has 5 nitrogen and oxygen atoms in total. The van der Waals surface area contributed by atoms with Crippen molar-refractivity contribution < 1.29 is 4.52 Å². The molecule has 0 aliphatic rings. The van der Waals surface area contributed by atoms with Gasteiger partial charge in [0.25, 0.3) is 5.89 Å². The topological polar surface area (TPSA) is 63.8 Å². The minimum atomic E-state index is 0.467. The van der Waals surface area contributed by atoms with Gasteiger partial charge in [0, 0.05) is 18.3 Å². The van der Waals surface area contributed by atoms with Gasteiger partial charge in [0.15, 0.2) is 0 Å². The van der Waals surface area contributed by atoms with Crippen LogP contribution in [0.5, 0.6) is 0 Å². The van der Waals surface area contributed by atoms with E-state index in [-0.39, 0.29) is 0 Å². The summed E-state index contributed by atoms with van der Waals surface area (Å²) in [6, 6.07) is 11.8. The van der Waals surface area contributed by atoms with E-state index in [1.165, 1.54) is 5.56 Å². The van der Waals surface area contributed by atoms with Gasteiger partial charge in [-0.05, 0) is 26.0 Å². The highest BCUT2D eigenvalue weighted by Gasteiger charge is 2.14. The highest BCUT2D eigenvalue weighted by atomic mass is 16.5. The molecule has 0 bridgehead atoms. The molecule has 3 aromatic rings. The molecule has 5 heteroatoms. The van der Waals surface area contributed by atoms with Gasteiger partial charge in [0.2, 0.25) is 5.82 Å². The standard InChI is InChI=1S/C16H16N4O/c1-3-17-15-13(5-4-10-18-15)16-19-14(20-21-16)12-8-6-11(2)7-9-12/h4-10H,3H2,1-2H3,(H,17,18). The van der Waals surface area contributed by atoms with Gasteiger partial charge in [0.1, 0.15) is 5.82 Å². The normalized spacial score (nSPS) is 10.6. The van der Waals surface area contributed by atoms with Crippen molar-refractivity contribution in [3.05, 3.63) is 48.2 Å². The molecule has 0 spiro atoms. The lowest BCUT2D eigenvalue weighted by Gasteiger charge is -2.04. The molecule has 106 valence electrons. The molecule has 0 saturated carbocycles. The third-order valence-corrected chi connectivity index (χ3v) is 3.12. The maximum atomic E-state index is 5.38. The van der Waals surface area contributed by atoms with Crippen LogP contribution in [0, 0.1) is 6.92 Å². The molecule has 0 aliphatic heterocycles. The van der Waals surface area contributed by atoms with Gasteiger partial charge in [0.05, 0.1) is 5.56 Å². The van der Waals surface area contributed by atoms with E-state index in [0.29, 0.717) is 11.7 Å². The molecule has 0 atom stereocenters. The van der Waals surface area contributed by atoms with Crippen molar-refractivity contribution in [3.8, 4) is 22.8 Å². The lowest BCUT2D eigenvalue weighted by molar-refractivity contribution is 0.432. The second-order valence-electron chi connectivity index (χ2n) is 4.72. The maximum absolute atomic E-state index is 5.38. The van der Waals surface area contributed by atoms with Crippen molar-refractivity contribution in [2.24, 2.45) is 0 Å². The summed E-state index contributed by atoms with van der Waals surface area (Å²) in [5, 5.41) is 7.24. The number of nitrogens with one attached hydrogen (secondary N) is 1. The van der Waals surface area contributed by atoms with Gasteiger partial charge in [-0.3, -0.25) is 0 Å². The van der Waals surface area contributed by atoms with Crippen molar-refractivity contribution in [3.63, 3.8) is 0 Å².